The third-order valence-electron chi connectivity index (χ3n) is 2.93. The Morgan fingerprint density at radius 3 is 2.65 bits per heavy atom. The lowest BCUT2D eigenvalue weighted by Crippen LogP contribution is -2.28. The monoisotopic (exact) mass is 315 g/mol. The summed E-state index contributed by atoms with van der Waals surface area (Å²) in [7, 11) is 0. The minimum absolute atomic E-state index is 0.0260. The Hall–Kier alpha value is -2.81. The molecule has 0 saturated heterocycles. The average molecular weight is 315 g/mol. The zero-order valence-electron chi connectivity index (χ0n) is 13.2. The van der Waals surface area contributed by atoms with Gasteiger partial charge in [0.05, 0.1) is 13.0 Å². The molecule has 0 aliphatic carbocycles. The van der Waals surface area contributed by atoms with E-state index >= 15 is 0 Å². The van der Waals surface area contributed by atoms with E-state index in [4.69, 9.17) is 10.00 Å². The van der Waals surface area contributed by atoms with Crippen LogP contribution in [0.3, 0.4) is 0 Å². The molecule has 0 heterocycles. The minimum Gasteiger partial charge on any atom is -0.466 e. The number of rotatable bonds is 9. The van der Waals surface area contributed by atoms with Crippen LogP contribution in [0, 0.1) is 11.3 Å². The predicted octanol–water partition coefficient (Wildman–Crippen LogP) is 1.30. The van der Waals surface area contributed by atoms with E-state index in [9.17, 15) is 9.59 Å². The Labute approximate surface area is 136 Å². The van der Waals surface area contributed by atoms with E-state index in [0.29, 0.717) is 26.1 Å². The summed E-state index contributed by atoms with van der Waals surface area (Å²) in [5.74, 6) is -0.758. The van der Waals surface area contributed by atoms with Crippen LogP contribution in [0.25, 0.3) is 0 Å². The third-order valence-corrected chi connectivity index (χ3v) is 2.93. The predicted molar refractivity (Wildman–Crippen MR) is 86.1 cm³/mol. The Morgan fingerprint density at radius 1 is 1.26 bits per heavy atom. The molecular formula is C17H21N3O3. The van der Waals surface area contributed by atoms with Gasteiger partial charge in [0.1, 0.15) is 11.6 Å². The van der Waals surface area contributed by atoms with Gasteiger partial charge in [-0.25, -0.2) is 0 Å². The summed E-state index contributed by atoms with van der Waals surface area (Å²) >= 11 is 0. The molecule has 0 spiro atoms. The molecule has 0 aromatic heterocycles. The third kappa shape index (κ3) is 7.67. The topological polar surface area (TPSA) is 91.2 Å². The van der Waals surface area contributed by atoms with Crippen LogP contribution in [0.5, 0.6) is 0 Å². The van der Waals surface area contributed by atoms with Gasteiger partial charge >= 0.3 is 5.97 Å². The van der Waals surface area contributed by atoms with E-state index < -0.39 is 5.91 Å². The van der Waals surface area contributed by atoms with E-state index in [2.05, 4.69) is 10.6 Å². The zero-order chi connectivity index (χ0) is 16.9. The van der Waals surface area contributed by atoms with Gasteiger partial charge in [-0.15, -0.1) is 0 Å². The molecule has 0 radical (unpaired) electrons. The second-order valence-corrected chi connectivity index (χ2v) is 4.67. The number of benzene rings is 1. The number of hydrogen-bond donors (Lipinski definition) is 2. The van der Waals surface area contributed by atoms with Gasteiger partial charge in [0.2, 0.25) is 0 Å². The van der Waals surface area contributed by atoms with Crippen LogP contribution >= 0.6 is 0 Å². The normalized spacial score (nSPS) is 10.5. The second-order valence-electron chi connectivity index (χ2n) is 4.67. The molecule has 1 aromatic rings. The lowest BCUT2D eigenvalue weighted by Gasteiger charge is -2.05. The summed E-state index contributed by atoms with van der Waals surface area (Å²) in [6.45, 7) is 2.83. The van der Waals surface area contributed by atoms with Crippen molar-refractivity contribution >= 4 is 11.9 Å². The number of ether oxygens (including phenoxy) is 1. The van der Waals surface area contributed by atoms with Gasteiger partial charge in [-0.05, 0) is 18.9 Å². The molecule has 0 saturated carbocycles. The quantitative estimate of drug-likeness (QED) is 0.310. The van der Waals surface area contributed by atoms with Crippen LogP contribution in [0.15, 0.2) is 42.1 Å². The lowest BCUT2D eigenvalue weighted by molar-refractivity contribution is -0.142. The highest BCUT2D eigenvalue weighted by Crippen LogP contribution is 1.99. The molecule has 0 atom stereocenters. The Morgan fingerprint density at radius 2 is 2.00 bits per heavy atom. The summed E-state index contributed by atoms with van der Waals surface area (Å²) in [5, 5.41) is 14.5. The number of amides is 1. The summed E-state index contributed by atoms with van der Waals surface area (Å²) in [4.78, 5) is 23.0. The number of nitrogens with zero attached hydrogens (tertiary/aromatic N) is 1. The lowest BCUT2D eigenvalue weighted by atomic mass is 10.1. The molecule has 0 fully saturated rings. The highest BCUT2D eigenvalue weighted by molar-refractivity contribution is 5.97. The molecule has 1 rings (SSSR count). The van der Waals surface area contributed by atoms with Gasteiger partial charge in [-0.1, -0.05) is 30.3 Å². The van der Waals surface area contributed by atoms with Gasteiger partial charge < -0.3 is 15.4 Å². The van der Waals surface area contributed by atoms with Crippen molar-refractivity contribution < 1.29 is 14.3 Å². The van der Waals surface area contributed by atoms with E-state index in [-0.39, 0.29) is 18.0 Å². The second kappa shape index (κ2) is 10.9. The number of esters is 1. The number of nitrogens with one attached hydrogen (secondary N) is 2. The van der Waals surface area contributed by atoms with Gasteiger partial charge in [0.25, 0.3) is 5.91 Å². The van der Waals surface area contributed by atoms with Crippen LogP contribution in [0.1, 0.15) is 18.9 Å². The SMILES string of the molecule is CCOC(=O)CCN/C=C(/C#N)C(=O)NCCc1ccccc1. The number of hydrogen-bond acceptors (Lipinski definition) is 5. The van der Waals surface area contributed by atoms with Crippen LogP contribution in [-0.2, 0) is 20.7 Å². The number of carbonyl (C=O) groups is 2. The van der Waals surface area contributed by atoms with Gasteiger partial charge in [-0.2, -0.15) is 5.26 Å². The number of carbonyl (C=O) groups excluding carboxylic acids is 2. The van der Waals surface area contributed by atoms with Crippen molar-refractivity contribution in [2.75, 3.05) is 19.7 Å². The highest BCUT2D eigenvalue weighted by atomic mass is 16.5. The van der Waals surface area contributed by atoms with Crippen molar-refractivity contribution in [3.8, 4) is 6.07 Å². The van der Waals surface area contributed by atoms with Gasteiger partial charge in [-0.3, -0.25) is 9.59 Å². The van der Waals surface area contributed by atoms with Crippen molar-refractivity contribution in [1.29, 1.82) is 5.26 Å². The fraction of sp³-hybridized carbons (Fsp3) is 0.353. The van der Waals surface area contributed by atoms with Crippen molar-refractivity contribution in [3.63, 3.8) is 0 Å². The Balaban J connectivity index is 2.32. The zero-order valence-corrected chi connectivity index (χ0v) is 13.2. The number of nitriles is 1. The van der Waals surface area contributed by atoms with Crippen molar-refractivity contribution in [1.82, 2.24) is 10.6 Å². The van der Waals surface area contributed by atoms with E-state index in [1.807, 2.05) is 36.4 Å². The molecule has 2 N–H and O–H groups in total. The molecule has 6 heteroatoms. The summed E-state index contributed by atoms with van der Waals surface area (Å²) in [5.41, 5.74) is 1.09. The first-order valence-electron chi connectivity index (χ1n) is 7.48. The molecule has 0 bridgehead atoms. The summed E-state index contributed by atoms with van der Waals surface area (Å²) in [6.07, 6.45) is 2.19. The van der Waals surface area contributed by atoms with Crippen molar-refractivity contribution in [2.45, 2.75) is 19.8 Å². The van der Waals surface area contributed by atoms with Crippen LogP contribution in [0.4, 0.5) is 0 Å². The summed E-state index contributed by atoms with van der Waals surface area (Å²) in [6, 6.07) is 11.6. The largest absolute Gasteiger partial charge is 0.466 e. The van der Waals surface area contributed by atoms with Crippen molar-refractivity contribution in [3.05, 3.63) is 47.7 Å². The van der Waals surface area contributed by atoms with Crippen LogP contribution < -0.4 is 10.6 Å². The molecule has 6 nitrogen and oxygen atoms in total. The van der Waals surface area contributed by atoms with Crippen LogP contribution in [0.2, 0.25) is 0 Å². The maximum absolute atomic E-state index is 11.9. The molecule has 122 valence electrons. The maximum atomic E-state index is 11.9. The molecule has 1 aromatic carbocycles. The first-order chi connectivity index (χ1) is 11.2. The summed E-state index contributed by atoms with van der Waals surface area (Å²) < 4.78 is 4.77. The average Bonchev–Trinajstić information content (AvgIpc) is 2.56. The fourth-order valence-electron chi connectivity index (χ4n) is 1.79. The maximum Gasteiger partial charge on any atom is 0.307 e. The molecule has 0 aliphatic rings. The Kier molecular flexibility index (Phi) is 8.61. The molecule has 1 amide bonds. The van der Waals surface area contributed by atoms with Crippen molar-refractivity contribution in [2.24, 2.45) is 0 Å². The molecule has 0 aliphatic heterocycles. The molecule has 23 heavy (non-hydrogen) atoms. The Bertz CT molecular complexity index is 576. The smallest absolute Gasteiger partial charge is 0.307 e. The standard InChI is InChI=1S/C17H21N3O3/c1-2-23-16(21)9-10-19-13-15(12-18)17(22)20-11-8-14-6-4-3-5-7-14/h3-7,13,19H,2,8-11H2,1H3,(H,20,22)/b15-13-. The van der Waals surface area contributed by atoms with Gasteiger partial charge in [0.15, 0.2) is 0 Å². The molecule has 0 unspecified atom stereocenters. The fourth-order valence-corrected chi connectivity index (χ4v) is 1.79. The minimum atomic E-state index is -0.438. The van der Waals surface area contributed by atoms with Gasteiger partial charge in [0, 0.05) is 19.3 Å². The van der Waals surface area contributed by atoms with E-state index in [1.165, 1.54) is 6.20 Å². The van der Waals surface area contributed by atoms with Crippen LogP contribution in [-0.4, -0.2) is 31.6 Å². The first-order valence-corrected chi connectivity index (χ1v) is 7.48. The van der Waals surface area contributed by atoms with E-state index in [1.54, 1.807) is 6.92 Å². The first kappa shape index (κ1) is 18.2. The molecular weight excluding hydrogens is 294 g/mol. The van der Waals surface area contributed by atoms with E-state index in [0.717, 1.165) is 5.56 Å². The highest BCUT2D eigenvalue weighted by Gasteiger charge is 2.08.